The molecule has 0 heterocycles. The van der Waals surface area contributed by atoms with Gasteiger partial charge in [-0.05, 0) is 48.9 Å². The molecule has 2 fully saturated rings. The highest BCUT2D eigenvalue weighted by atomic mass is 14.3. The summed E-state index contributed by atoms with van der Waals surface area (Å²) in [7, 11) is 0. The Morgan fingerprint density at radius 1 is 0.714 bits per heavy atom. The molecule has 0 nitrogen and oxygen atoms in total. The average molecular weight is 299 g/mol. The second kappa shape index (κ2) is 12.5. The van der Waals surface area contributed by atoms with Crippen LogP contribution >= 0.6 is 0 Å². The minimum atomic E-state index is 0. The monoisotopic (exact) mass is 298 g/mol. The molecule has 0 aromatic rings. The van der Waals surface area contributed by atoms with Crippen LogP contribution in [0, 0.1) is 29.6 Å². The molecule has 0 atom stereocenters. The van der Waals surface area contributed by atoms with Crippen LogP contribution in [0.3, 0.4) is 0 Å². The van der Waals surface area contributed by atoms with Crippen molar-refractivity contribution in [1.29, 1.82) is 0 Å². The summed E-state index contributed by atoms with van der Waals surface area (Å²) < 4.78 is 0. The van der Waals surface area contributed by atoms with Crippen molar-refractivity contribution in [2.45, 2.75) is 107 Å². The van der Waals surface area contributed by atoms with E-state index in [0.29, 0.717) is 0 Å². The third-order valence-corrected chi connectivity index (χ3v) is 5.64. The van der Waals surface area contributed by atoms with Gasteiger partial charge < -0.3 is 0 Å². The molecule has 0 radical (unpaired) electrons. The summed E-state index contributed by atoms with van der Waals surface area (Å²) >= 11 is 0. The van der Waals surface area contributed by atoms with E-state index >= 15 is 0 Å². The summed E-state index contributed by atoms with van der Waals surface area (Å²) in [5.41, 5.74) is 0. The molecule has 0 unspecified atom stereocenters. The van der Waals surface area contributed by atoms with Crippen LogP contribution < -0.4 is 0 Å². The fraction of sp³-hybridized carbons (Fsp3) is 1.00. The van der Waals surface area contributed by atoms with E-state index in [4.69, 9.17) is 0 Å². The third-order valence-electron chi connectivity index (χ3n) is 5.64. The number of hydrogen-bond donors (Lipinski definition) is 0. The SMILES string of the molecule is C.C.CC.CC1CCC(CC2CCC(C(C)C)CC2)CC1. The number of rotatable bonds is 3. The van der Waals surface area contributed by atoms with Crippen LogP contribution in [-0.4, -0.2) is 0 Å². The summed E-state index contributed by atoms with van der Waals surface area (Å²) in [6, 6.07) is 0. The largest absolute Gasteiger partial charge is 0.0776 e. The van der Waals surface area contributed by atoms with Crippen molar-refractivity contribution >= 4 is 0 Å². The molecule has 0 spiro atoms. The van der Waals surface area contributed by atoms with Gasteiger partial charge in [-0.25, -0.2) is 0 Å². The molecule has 0 N–H and O–H groups in total. The maximum atomic E-state index is 2.43. The van der Waals surface area contributed by atoms with Crippen molar-refractivity contribution in [3.05, 3.63) is 0 Å². The standard InChI is InChI=1S/C17H32.C2H6.2CH4/c1-13(2)17-10-8-16(9-11-17)12-15-6-4-14(3)5-7-15;1-2;;/h13-17H,4-12H2,1-3H3;1-2H3;2*1H4. The van der Waals surface area contributed by atoms with E-state index in [-0.39, 0.29) is 14.9 Å². The molecule has 0 saturated heterocycles. The van der Waals surface area contributed by atoms with Crippen LogP contribution in [0.5, 0.6) is 0 Å². The highest BCUT2D eigenvalue weighted by Crippen LogP contribution is 2.39. The van der Waals surface area contributed by atoms with E-state index in [1.54, 1.807) is 6.42 Å². The van der Waals surface area contributed by atoms with E-state index in [1.165, 1.54) is 51.4 Å². The minimum Gasteiger partial charge on any atom is -0.0776 e. The lowest BCUT2D eigenvalue weighted by Crippen LogP contribution is -2.22. The van der Waals surface area contributed by atoms with E-state index in [1.807, 2.05) is 13.8 Å². The topological polar surface area (TPSA) is 0 Å². The first-order valence-corrected chi connectivity index (χ1v) is 9.15. The lowest BCUT2D eigenvalue weighted by Gasteiger charge is -2.34. The molecule has 130 valence electrons. The maximum Gasteiger partial charge on any atom is -0.0391 e. The molecule has 0 aromatic carbocycles. The fourth-order valence-electron chi connectivity index (χ4n) is 4.13. The van der Waals surface area contributed by atoms with Gasteiger partial charge in [0.05, 0.1) is 0 Å². The molecule has 0 heteroatoms. The summed E-state index contributed by atoms with van der Waals surface area (Å²) in [4.78, 5) is 0. The van der Waals surface area contributed by atoms with Gasteiger partial charge in [-0.2, -0.15) is 0 Å². The Morgan fingerprint density at radius 2 is 1.10 bits per heavy atom. The van der Waals surface area contributed by atoms with Crippen molar-refractivity contribution < 1.29 is 0 Å². The first-order valence-electron chi connectivity index (χ1n) is 9.15. The van der Waals surface area contributed by atoms with Crippen LogP contribution in [0.15, 0.2) is 0 Å². The Hall–Kier alpha value is 0. The quantitative estimate of drug-likeness (QED) is 0.495. The third kappa shape index (κ3) is 8.27. The highest BCUT2D eigenvalue weighted by molar-refractivity contribution is 4.78. The maximum absolute atomic E-state index is 2.43. The molecule has 0 aliphatic heterocycles. The van der Waals surface area contributed by atoms with Gasteiger partial charge in [0.15, 0.2) is 0 Å². The minimum absolute atomic E-state index is 0. The zero-order valence-electron chi connectivity index (χ0n) is 14.3. The smallest absolute Gasteiger partial charge is 0.0391 e. The second-order valence-corrected chi connectivity index (χ2v) is 7.39. The summed E-state index contributed by atoms with van der Waals surface area (Å²) in [5.74, 6) is 5.15. The Labute approximate surface area is 137 Å². The Morgan fingerprint density at radius 3 is 1.48 bits per heavy atom. The van der Waals surface area contributed by atoms with Crippen LogP contribution in [0.4, 0.5) is 0 Å². The van der Waals surface area contributed by atoms with Gasteiger partial charge in [0.2, 0.25) is 0 Å². The molecular formula is C21H46. The zero-order chi connectivity index (χ0) is 14.3. The van der Waals surface area contributed by atoms with Gasteiger partial charge >= 0.3 is 0 Å². The Kier molecular flexibility index (Phi) is 13.9. The van der Waals surface area contributed by atoms with Crippen molar-refractivity contribution in [3.8, 4) is 0 Å². The van der Waals surface area contributed by atoms with Crippen LogP contribution in [0.1, 0.15) is 107 Å². The van der Waals surface area contributed by atoms with Gasteiger partial charge in [0, 0.05) is 0 Å². The zero-order valence-corrected chi connectivity index (χ0v) is 14.3. The first kappa shape index (κ1) is 23.3. The van der Waals surface area contributed by atoms with Gasteiger partial charge in [-0.15, -0.1) is 0 Å². The molecule has 2 rings (SSSR count). The lowest BCUT2D eigenvalue weighted by atomic mass is 9.71. The fourth-order valence-corrected chi connectivity index (χ4v) is 4.13. The normalized spacial score (nSPS) is 32.3. The van der Waals surface area contributed by atoms with Crippen LogP contribution in [0.2, 0.25) is 0 Å². The average Bonchev–Trinajstić information content (AvgIpc) is 2.44. The van der Waals surface area contributed by atoms with E-state index < -0.39 is 0 Å². The van der Waals surface area contributed by atoms with Crippen molar-refractivity contribution in [2.75, 3.05) is 0 Å². The Balaban J connectivity index is 0. The van der Waals surface area contributed by atoms with Crippen LogP contribution in [-0.2, 0) is 0 Å². The van der Waals surface area contributed by atoms with Crippen LogP contribution in [0.25, 0.3) is 0 Å². The lowest BCUT2D eigenvalue weighted by molar-refractivity contribution is 0.176. The highest BCUT2D eigenvalue weighted by Gasteiger charge is 2.26. The Bertz CT molecular complexity index is 202. The number of hydrogen-bond acceptors (Lipinski definition) is 0. The van der Waals surface area contributed by atoms with Gasteiger partial charge in [-0.1, -0.05) is 88.0 Å². The second-order valence-electron chi connectivity index (χ2n) is 7.39. The summed E-state index contributed by atoms with van der Waals surface area (Å²) in [5, 5.41) is 0. The molecule has 0 amide bonds. The molecule has 0 bridgehead atoms. The van der Waals surface area contributed by atoms with Crippen molar-refractivity contribution in [2.24, 2.45) is 29.6 Å². The van der Waals surface area contributed by atoms with E-state index in [9.17, 15) is 0 Å². The molecule has 2 saturated carbocycles. The van der Waals surface area contributed by atoms with Gasteiger partial charge in [-0.3, -0.25) is 0 Å². The molecule has 2 aliphatic rings. The van der Waals surface area contributed by atoms with Gasteiger partial charge in [0.1, 0.15) is 0 Å². The molecule has 2 aliphatic carbocycles. The molecule has 0 aromatic heterocycles. The van der Waals surface area contributed by atoms with Crippen molar-refractivity contribution in [1.82, 2.24) is 0 Å². The molecular weight excluding hydrogens is 252 g/mol. The predicted octanol–water partition coefficient (Wildman–Crippen LogP) is 7.96. The van der Waals surface area contributed by atoms with E-state index in [2.05, 4.69) is 20.8 Å². The summed E-state index contributed by atoms with van der Waals surface area (Å²) in [6.45, 7) is 11.3. The van der Waals surface area contributed by atoms with Gasteiger partial charge in [0.25, 0.3) is 0 Å². The summed E-state index contributed by atoms with van der Waals surface area (Å²) in [6.07, 6.45) is 13.8. The predicted molar refractivity (Wildman–Crippen MR) is 101 cm³/mol. The first-order chi connectivity index (χ1) is 9.15. The molecule has 21 heavy (non-hydrogen) atoms. The van der Waals surface area contributed by atoms with E-state index in [0.717, 1.165) is 29.6 Å². The van der Waals surface area contributed by atoms with Crippen molar-refractivity contribution in [3.63, 3.8) is 0 Å².